The Labute approximate surface area is 242 Å². The number of ether oxygens (including phenoxy) is 2. The second kappa shape index (κ2) is 13.5. The monoisotopic (exact) mass is 577 g/mol. The van der Waals surface area contributed by atoms with Crippen LogP contribution in [0.3, 0.4) is 0 Å². The molecule has 0 aromatic heterocycles. The predicted octanol–water partition coefficient (Wildman–Crippen LogP) is 2.92. The molecule has 5 rings (SSSR count). The standard InChI is InChI=1S/C30H40FN3O5.ClH/c1-20(35)14-32-12-10-28(27(31)19-32)39-25-7-8-26-29(13-25)38-21(2)15-34(30(26)37)18-24(36)17-33-11-9-22-5-3-4-6-23(22)16-33;/h3-8,13,20-21,24,27-28,35-36H,9-12,14-19H2,1-2H3;1H/t20?,21?,24-,27-,28-;/m1./s1. The fraction of sp³-hybridized carbons (Fsp3) is 0.567. The quantitative estimate of drug-likeness (QED) is 0.499. The van der Waals surface area contributed by atoms with Gasteiger partial charge in [-0.1, -0.05) is 24.3 Å². The molecule has 2 aromatic rings. The van der Waals surface area contributed by atoms with E-state index in [1.54, 1.807) is 30.0 Å². The summed E-state index contributed by atoms with van der Waals surface area (Å²) in [6.07, 6.45) is -1.77. The van der Waals surface area contributed by atoms with Gasteiger partial charge in [0.05, 0.1) is 24.3 Å². The van der Waals surface area contributed by atoms with E-state index in [-0.39, 0.29) is 37.5 Å². The van der Waals surface area contributed by atoms with Gasteiger partial charge in [-0.05, 0) is 49.9 Å². The normalized spacial score (nSPS) is 25.1. The van der Waals surface area contributed by atoms with Crippen LogP contribution in [-0.2, 0) is 13.0 Å². The number of aliphatic hydroxyl groups excluding tert-OH is 2. The number of β-amino-alcohol motifs (C(OH)–C–C–N with tert-alkyl or cyclic N) is 2. The fourth-order valence-corrected chi connectivity index (χ4v) is 5.94. The summed E-state index contributed by atoms with van der Waals surface area (Å²) in [5.74, 6) is 0.680. The maximum atomic E-state index is 14.8. The van der Waals surface area contributed by atoms with Gasteiger partial charge in [0.25, 0.3) is 5.91 Å². The zero-order chi connectivity index (χ0) is 27.5. The molecule has 0 spiro atoms. The average molecular weight is 578 g/mol. The third kappa shape index (κ3) is 7.44. The number of benzene rings is 2. The number of hydrogen-bond acceptors (Lipinski definition) is 7. The van der Waals surface area contributed by atoms with Crippen LogP contribution in [0.1, 0.15) is 41.8 Å². The number of rotatable bonds is 8. The number of alkyl halides is 1. The molecular weight excluding hydrogens is 537 g/mol. The van der Waals surface area contributed by atoms with E-state index in [0.717, 1.165) is 19.5 Å². The van der Waals surface area contributed by atoms with E-state index < -0.39 is 24.5 Å². The number of nitrogens with zero attached hydrogens (tertiary/aromatic N) is 3. The summed E-state index contributed by atoms with van der Waals surface area (Å²) in [7, 11) is 0. The molecule has 0 aliphatic carbocycles. The topological polar surface area (TPSA) is 85.7 Å². The highest BCUT2D eigenvalue weighted by Crippen LogP contribution is 2.31. The van der Waals surface area contributed by atoms with Crippen molar-refractivity contribution in [3.05, 3.63) is 59.2 Å². The van der Waals surface area contributed by atoms with E-state index in [1.165, 1.54) is 11.1 Å². The third-order valence-electron chi connectivity index (χ3n) is 7.76. The largest absolute Gasteiger partial charge is 0.488 e. The van der Waals surface area contributed by atoms with Gasteiger partial charge < -0.3 is 24.6 Å². The van der Waals surface area contributed by atoms with Crippen molar-refractivity contribution in [2.75, 3.05) is 45.8 Å². The Morgan fingerprint density at radius 2 is 1.82 bits per heavy atom. The molecule has 1 saturated heterocycles. The Morgan fingerprint density at radius 3 is 2.58 bits per heavy atom. The van der Waals surface area contributed by atoms with Crippen molar-refractivity contribution in [1.82, 2.24) is 14.7 Å². The smallest absolute Gasteiger partial charge is 0.257 e. The zero-order valence-electron chi connectivity index (χ0n) is 23.2. The van der Waals surface area contributed by atoms with Crippen LogP contribution in [-0.4, -0.2) is 107 Å². The van der Waals surface area contributed by atoms with E-state index in [0.29, 0.717) is 49.7 Å². The average Bonchev–Trinajstić information content (AvgIpc) is 3.00. The van der Waals surface area contributed by atoms with Crippen LogP contribution in [0.25, 0.3) is 0 Å². The van der Waals surface area contributed by atoms with Gasteiger partial charge in [0.2, 0.25) is 0 Å². The molecule has 2 N–H and O–H groups in total. The summed E-state index contributed by atoms with van der Waals surface area (Å²) in [6, 6.07) is 13.4. The first-order valence-corrected chi connectivity index (χ1v) is 14.0. The Morgan fingerprint density at radius 1 is 1.05 bits per heavy atom. The summed E-state index contributed by atoms with van der Waals surface area (Å²) >= 11 is 0. The lowest BCUT2D eigenvalue weighted by Gasteiger charge is -2.35. The molecule has 3 aliphatic heterocycles. The predicted molar refractivity (Wildman–Crippen MR) is 153 cm³/mol. The number of amides is 1. The molecule has 220 valence electrons. The Bertz CT molecular complexity index is 1150. The molecule has 0 bridgehead atoms. The minimum atomic E-state index is -1.18. The summed E-state index contributed by atoms with van der Waals surface area (Å²) in [6.45, 7) is 7.65. The lowest BCUT2D eigenvalue weighted by molar-refractivity contribution is 0.00720. The first-order valence-electron chi connectivity index (χ1n) is 14.0. The number of aliphatic hydroxyl groups is 2. The van der Waals surface area contributed by atoms with Gasteiger partial charge in [-0.25, -0.2) is 4.39 Å². The SMILES string of the molecule is CC(O)CN1CC[C@@H](Oc2ccc3c(c2)OC(C)CN(C[C@H](O)CN2CCc4ccccc4C2)C3=O)[C@H](F)C1.Cl. The molecule has 3 heterocycles. The van der Waals surface area contributed by atoms with Gasteiger partial charge in [0, 0.05) is 51.9 Å². The maximum absolute atomic E-state index is 14.8. The van der Waals surface area contributed by atoms with Gasteiger partial charge in [0.1, 0.15) is 29.9 Å². The molecule has 0 saturated carbocycles. The van der Waals surface area contributed by atoms with Crippen molar-refractivity contribution in [2.24, 2.45) is 0 Å². The van der Waals surface area contributed by atoms with Gasteiger partial charge in [0.15, 0.2) is 0 Å². The maximum Gasteiger partial charge on any atom is 0.257 e. The molecule has 8 nitrogen and oxygen atoms in total. The van der Waals surface area contributed by atoms with Gasteiger partial charge >= 0.3 is 0 Å². The molecule has 0 radical (unpaired) electrons. The summed E-state index contributed by atoms with van der Waals surface area (Å²) in [5, 5.41) is 20.5. The second-order valence-corrected chi connectivity index (χ2v) is 11.3. The van der Waals surface area contributed by atoms with E-state index in [9.17, 15) is 19.4 Å². The van der Waals surface area contributed by atoms with Crippen LogP contribution < -0.4 is 9.47 Å². The van der Waals surface area contributed by atoms with Crippen LogP contribution in [0.2, 0.25) is 0 Å². The molecule has 2 aromatic carbocycles. The van der Waals surface area contributed by atoms with Crippen LogP contribution in [0.5, 0.6) is 11.5 Å². The molecule has 3 aliphatic rings. The minimum Gasteiger partial charge on any atom is -0.488 e. The number of hydrogen-bond donors (Lipinski definition) is 2. The number of carbonyl (C=O) groups is 1. The number of halogens is 2. The Kier molecular flexibility index (Phi) is 10.3. The molecule has 5 atom stereocenters. The van der Waals surface area contributed by atoms with Gasteiger partial charge in [-0.2, -0.15) is 0 Å². The van der Waals surface area contributed by atoms with E-state index >= 15 is 0 Å². The second-order valence-electron chi connectivity index (χ2n) is 11.3. The summed E-state index contributed by atoms with van der Waals surface area (Å²) < 4.78 is 26.9. The number of piperidine rings is 1. The van der Waals surface area contributed by atoms with Crippen LogP contribution in [0.4, 0.5) is 4.39 Å². The first kappa shape index (κ1) is 30.5. The minimum absolute atomic E-state index is 0. The van der Waals surface area contributed by atoms with Crippen LogP contribution in [0, 0.1) is 0 Å². The third-order valence-corrected chi connectivity index (χ3v) is 7.76. The van der Waals surface area contributed by atoms with Crippen molar-refractivity contribution in [2.45, 2.75) is 63.8 Å². The highest BCUT2D eigenvalue weighted by Gasteiger charge is 2.33. The Balaban J connectivity index is 0.00000370. The summed E-state index contributed by atoms with van der Waals surface area (Å²) in [4.78, 5) is 19.2. The van der Waals surface area contributed by atoms with Gasteiger partial charge in [-0.15, -0.1) is 12.4 Å². The zero-order valence-corrected chi connectivity index (χ0v) is 24.1. The van der Waals surface area contributed by atoms with E-state index in [2.05, 4.69) is 23.1 Å². The molecule has 1 amide bonds. The molecule has 10 heteroatoms. The molecule has 2 unspecified atom stereocenters. The highest BCUT2D eigenvalue weighted by molar-refractivity contribution is 5.97. The fourth-order valence-electron chi connectivity index (χ4n) is 5.94. The van der Waals surface area contributed by atoms with Crippen LogP contribution >= 0.6 is 12.4 Å². The van der Waals surface area contributed by atoms with Gasteiger partial charge in [-0.3, -0.25) is 14.6 Å². The number of fused-ring (bicyclic) bond motifs is 2. The van der Waals surface area contributed by atoms with Crippen molar-refractivity contribution < 1.29 is 28.9 Å². The lowest BCUT2D eigenvalue weighted by atomic mass is 10.00. The molecular formula is C30H41ClFN3O5. The molecule has 1 fully saturated rings. The van der Waals surface area contributed by atoms with Crippen molar-refractivity contribution >= 4 is 18.3 Å². The Hall–Kier alpha value is -2.43. The first-order chi connectivity index (χ1) is 18.7. The number of carbonyl (C=O) groups excluding carboxylic acids is 1. The van der Waals surface area contributed by atoms with Crippen molar-refractivity contribution in [3.63, 3.8) is 0 Å². The van der Waals surface area contributed by atoms with Crippen LogP contribution in [0.15, 0.2) is 42.5 Å². The number of likely N-dealkylation sites (tertiary alicyclic amines) is 1. The van der Waals surface area contributed by atoms with E-state index in [1.807, 2.05) is 17.9 Å². The van der Waals surface area contributed by atoms with Crippen molar-refractivity contribution in [1.29, 1.82) is 0 Å². The lowest BCUT2D eigenvalue weighted by Crippen LogP contribution is -2.48. The summed E-state index contributed by atoms with van der Waals surface area (Å²) in [5.41, 5.74) is 3.07. The molecule has 40 heavy (non-hydrogen) atoms. The van der Waals surface area contributed by atoms with Crippen molar-refractivity contribution in [3.8, 4) is 11.5 Å². The van der Waals surface area contributed by atoms with E-state index in [4.69, 9.17) is 9.47 Å². The highest BCUT2D eigenvalue weighted by atomic mass is 35.5.